The van der Waals surface area contributed by atoms with Gasteiger partial charge in [-0.3, -0.25) is 0 Å². The minimum atomic E-state index is -4.40. The Labute approximate surface area is 98.6 Å². The van der Waals surface area contributed by atoms with E-state index in [4.69, 9.17) is 5.11 Å². The summed E-state index contributed by atoms with van der Waals surface area (Å²) in [5.74, 6) is -0.0256. The van der Waals surface area contributed by atoms with Crippen molar-refractivity contribution in [1.82, 2.24) is 0 Å². The molecule has 0 aliphatic heterocycles. The van der Waals surface area contributed by atoms with Crippen LogP contribution in [0.1, 0.15) is 5.56 Å². The Bertz CT molecular complexity index is 399. The van der Waals surface area contributed by atoms with Gasteiger partial charge < -0.3 is 9.66 Å². The molecule has 0 radical (unpaired) electrons. The number of hydrogen-bond acceptors (Lipinski definition) is 4. The van der Waals surface area contributed by atoms with E-state index >= 15 is 0 Å². The fourth-order valence-corrected chi connectivity index (χ4v) is 1.34. The first-order valence-corrected chi connectivity index (χ1v) is 4.57. The van der Waals surface area contributed by atoms with E-state index in [2.05, 4.69) is 0 Å². The molecule has 0 atom stereocenters. The smallest absolute Gasteiger partial charge is 0.744 e. The molecule has 0 bridgehead atoms. The third-order valence-corrected chi connectivity index (χ3v) is 2.29. The van der Waals surface area contributed by atoms with Crippen LogP contribution in [0.25, 0.3) is 0 Å². The summed E-state index contributed by atoms with van der Waals surface area (Å²) in [6.07, 6.45) is 0. The number of phenols is 1. The summed E-state index contributed by atoms with van der Waals surface area (Å²) in [6.45, 7) is 1.52. The fraction of sp³-hybridized carbons (Fsp3) is 0.143. The van der Waals surface area contributed by atoms with Gasteiger partial charge in [0, 0.05) is 0 Å². The number of aryl methyl sites for hydroxylation is 1. The second-order valence-corrected chi connectivity index (χ2v) is 3.78. The zero-order valence-electron chi connectivity index (χ0n) is 7.31. The first-order chi connectivity index (χ1) is 5.41. The van der Waals surface area contributed by atoms with Gasteiger partial charge in [0.05, 0.1) is 4.90 Å². The molecule has 1 N–H and O–H groups in total. The Morgan fingerprint density at radius 2 is 1.92 bits per heavy atom. The van der Waals surface area contributed by atoms with Gasteiger partial charge in [-0.25, -0.2) is 8.42 Å². The molecule has 1 aromatic carbocycles. The SMILES string of the molecule is Cc1cc(S(=O)(=O)[O-])ccc1O.[Na+]. The van der Waals surface area contributed by atoms with E-state index in [1.807, 2.05) is 0 Å². The van der Waals surface area contributed by atoms with Gasteiger partial charge in [-0.15, -0.1) is 0 Å². The summed E-state index contributed by atoms with van der Waals surface area (Å²) in [5, 5.41) is 9.01. The predicted molar refractivity (Wildman–Crippen MR) is 40.8 cm³/mol. The van der Waals surface area contributed by atoms with E-state index in [0.717, 1.165) is 12.1 Å². The molecule has 0 aliphatic carbocycles. The molecule has 4 nitrogen and oxygen atoms in total. The molecule has 0 unspecified atom stereocenters. The first kappa shape index (κ1) is 12.9. The van der Waals surface area contributed by atoms with Gasteiger partial charge in [0.2, 0.25) is 0 Å². The monoisotopic (exact) mass is 210 g/mol. The van der Waals surface area contributed by atoms with Crippen molar-refractivity contribution >= 4 is 10.1 Å². The Hall–Kier alpha value is -0.0700. The average molecular weight is 210 g/mol. The molecule has 0 aliphatic rings. The molecule has 0 saturated carbocycles. The van der Waals surface area contributed by atoms with Gasteiger partial charge in [0.1, 0.15) is 15.9 Å². The first-order valence-electron chi connectivity index (χ1n) is 3.17. The molecule has 0 amide bonds. The predicted octanol–water partition coefficient (Wildman–Crippen LogP) is -2.39. The van der Waals surface area contributed by atoms with Crippen LogP contribution in [0, 0.1) is 6.92 Å². The molecule has 0 saturated heterocycles. The van der Waals surface area contributed by atoms with Crippen molar-refractivity contribution in [1.29, 1.82) is 0 Å². The normalized spacial score (nSPS) is 10.6. The maximum atomic E-state index is 10.5. The minimum absolute atomic E-state index is 0. The zero-order chi connectivity index (χ0) is 9.35. The Morgan fingerprint density at radius 3 is 2.31 bits per heavy atom. The van der Waals surface area contributed by atoms with Crippen molar-refractivity contribution in [3.63, 3.8) is 0 Å². The number of phenolic OH excluding ortho intramolecular Hbond substituents is 1. The summed E-state index contributed by atoms with van der Waals surface area (Å²) in [6, 6.07) is 3.39. The molecule has 1 aromatic rings. The average Bonchev–Trinajstić information content (AvgIpc) is 1.92. The van der Waals surface area contributed by atoms with Crippen LogP contribution in [0.5, 0.6) is 5.75 Å². The van der Waals surface area contributed by atoms with Crippen LogP contribution in [0.3, 0.4) is 0 Å². The quantitative estimate of drug-likeness (QED) is 0.414. The van der Waals surface area contributed by atoms with Gasteiger partial charge in [-0.1, -0.05) is 0 Å². The van der Waals surface area contributed by atoms with E-state index in [-0.39, 0.29) is 40.2 Å². The van der Waals surface area contributed by atoms with E-state index in [0.29, 0.717) is 5.56 Å². The third kappa shape index (κ3) is 3.28. The zero-order valence-corrected chi connectivity index (χ0v) is 10.1. The summed E-state index contributed by atoms with van der Waals surface area (Å²) < 4.78 is 31.4. The second kappa shape index (κ2) is 4.43. The largest absolute Gasteiger partial charge is 1.00 e. The van der Waals surface area contributed by atoms with Crippen molar-refractivity contribution in [3.05, 3.63) is 23.8 Å². The molecule has 0 heterocycles. The minimum Gasteiger partial charge on any atom is -0.744 e. The molecule has 13 heavy (non-hydrogen) atoms. The van der Waals surface area contributed by atoms with Crippen LogP contribution in [-0.2, 0) is 10.1 Å². The summed E-state index contributed by atoms with van der Waals surface area (Å²) in [4.78, 5) is -0.321. The van der Waals surface area contributed by atoms with Crippen LogP contribution >= 0.6 is 0 Å². The van der Waals surface area contributed by atoms with Gasteiger partial charge in [0.15, 0.2) is 0 Å². The van der Waals surface area contributed by atoms with Crippen LogP contribution < -0.4 is 29.6 Å². The van der Waals surface area contributed by atoms with Crippen LogP contribution in [-0.4, -0.2) is 18.1 Å². The van der Waals surface area contributed by atoms with E-state index in [1.54, 1.807) is 0 Å². The Balaban J connectivity index is 0.00000144. The number of hydrogen-bond donors (Lipinski definition) is 1. The van der Waals surface area contributed by atoms with Crippen molar-refractivity contribution < 1.29 is 47.6 Å². The molecular weight excluding hydrogens is 203 g/mol. The van der Waals surface area contributed by atoms with Gasteiger partial charge in [-0.2, -0.15) is 0 Å². The molecule has 0 aromatic heterocycles. The molecule has 1 rings (SSSR count). The Morgan fingerprint density at radius 1 is 1.38 bits per heavy atom. The molecular formula is C7H7NaO4S. The van der Waals surface area contributed by atoms with Crippen LogP contribution in [0.15, 0.2) is 23.1 Å². The Kier molecular flexibility index (Phi) is 4.41. The van der Waals surface area contributed by atoms with Crippen molar-refractivity contribution in [3.8, 4) is 5.75 Å². The fourth-order valence-electron chi connectivity index (χ4n) is 0.783. The summed E-state index contributed by atoms with van der Waals surface area (Å²) in [7, 11) is -4.40. The standard InChI is InChI=1S/C7H8O4S.Na/c1-5-4-6(12(9,10)11)2-3-7(5)8;/h2-4,8H,1H3,(H,9,10,11);/q;+1/p-1. The van der Waals surface area contributed by atoms with Gasteiger partial charge in [0.25, 0.3) is 0 Å². The number of benzene rings is 1. The maximum Gasteiger partial charge on any atom is 1.00 e. The van der Waals surface area contributed by atoms with Gasteiger partial charge >= 0.3 is 29.6 Å². The van der Waals surface area contributed by atoms with Crippen LogP contribution in [0.2, 0.25) is 0 Å². The van der Waals surface area contributed by atoms with Crippen LogP contribution in [0.4, 0.5) is 0 Å². The van der Waals surface area contributed by atoms with Crippen molar-refractivity contribution in [2.45, 2.75) is 11.8 Å². The molecule has 0 spiro atoms. The summed E-state index contributed by atoms with van der Waals surface area (Å²) in [5.41, 5.74) is 0.368. The van der Waals surface area contributed by atoms with Crippen molar-refractivity contribution in [2.75, 3.05) is 0 Å². The van der Waals surface area contributed by atoms with E-state index in [9.17, 15) is 13.0 Å². The summed E-state index contributed by atoms with van der Waals surface area (Å²) >= 11 is 0. The van der Waals surface area contributed by atoms with Gasteiger partial charge in [-0.05, 0) is 30.7 Å². The van der Waals surface area contributed by atoms with Crippen molar-refractivity contribution in [2.24, 2.45) is 0 Å². The number of aromatic hydroxyl groups is 1. The molecule has 0 fully saturated rings. The van der Waals surface area contributed by atoms with E-state index < -0.39 is 10.1 Å². The maximum absolute atomic E-state index is 10.5. The number of rotatable bonds is 1. The third-order valence-electron chi connectivity index (χ3n) is 1.46. The van der Waals surface area contributed by atoms with E-state index in [1.165, 1.54) is 13.0 Å². The molecule has 66 valence electrons. The second-order valence-electron chi connectivity index (χ2n) is 2.40. The topological polar surface area (TPSA) is 77.4 Å². The molecule has 6 heteroatoms.